The molecule has 0 amide bonds. The van der Waals surface area contributed by atoms with Crippen LogP contribution in [0.25, 0.3) is 0 Å². The van der Waals surface area contributed by atoms with Gasteiger partial charge in [-0.3, -0.25) is 4.79 Å². The van der Waals surface area contributed by atoms with E-state index in [0.29, 0.717) is 19.3 Å². The van der Waals surface area contributed by atoms with E-state index in [1.165, 1.54) is 0 Å². The number of alkyl halides is 1. The molecule has 212 valence electrons. The van der Waals surface area contributed by atoms with Crippen molar-refractivity contribution in [2.45, 2.75) is 140 Å². The van der Waals surface area contributed by atoms with Crippen LogP contribution >= 0.6 is 22.6 Å². The molecule has 2 fully saturated rings. The van der Waals surface area contributed by atoms with Crippen LogP contribution in [0.5, 0.6) is 0 Å². The lowest BCUT2D eigenvalue weighted by atomic mass is 9.58. The average Bonchev–Trinajstić information content (AvgIpc) is 2.73. The number of aliphatic hydroxyl groups is 4. The van der Waals surface area contributed by atoms with Crippen LogP contribution in [0.1, 0.15) is 107 Å². The van der Waals surface area contributed by atoms with Gasteiger partial charge in [0.15, 0.2) is 0 Å². The molecule has 0 aromatic carbocycles. The molecule has 6 nitrogen and oxygen atoms in total. The molecule has 0 aromatic rings. The molecule has 0 saturated heterocycles. The van der Waals surface area contributed by atoms with Crippen molar-refractivity contribution in [1.29, 1.82) is 0 Å². The van der Waals surface area contributed by atoms with E-state index in [0.717, 1.165) is 25.7 Å². The SMILES string of the molecule is CCC(I)C(=O)OC(C1CCC(C(C)(C)O)C(C(C)(C)O)C1)C1CCC(C(C)(C)O)C(C(C)(C)O)C1. The van der Waals surface area contributed by atoms with Gasteiger partial charge in [0.05, 0.1) is 22.4 Å². The minimum atomic E-state index is -0.971. The van der Waals surface area contributed by atoms with Crippen molar-refractivity contribution in [3.8, 4) is 0 Å². The van der Waals surface area contributed by atoms with Crippen LogP contribution in [-0.4, -0.2) is 58.8 Å². The number of carbonyl (C=O) groups excluding carboxylic acids is 1. The van der Waals surface area contributed by atoms with E-state index in [4.69, 9.17) is 4.74 Å². The number of hydrogen-bond donors (Lipinski definition) is 4. The molecular weight excluding hydrogens is 571 g/mol. The van der Waals surface area contributed by atoms with Crippen molar-refractivity contribution in [3.05, 3.63) is 0 Å². The maximum Gasteiger partial charge on any atom is 0.319 e. The second-order valence-electron chi connectivity index (χ2n) is 14.0. The molecule has 0 radical (unpaired) electrons. The lowest BCUT2D eigenvalue weighted by molar-refractivity contribution is -0.169. The van der Waals surface area contributed by atoms with Gasteiger partial charge in [0.1, 0.15) is 10.0 Å². The zero-order chi connectivity index (χ0) is 27.9. The Morgan fingerprint density at radius 3 is 1.33 bits per heavy atom. The van der Waals surface area contributed by atoms with E-state index in [1.807, 2.05) is 62.3 Å². The molecule has 0 bridgehead atoms. The van der Waals surface area contributed by atoms with Crippen molar-refractivity contribution in [3.63, 3.8) is 0 Å². The fraction of sp³-hybridized carbons (Fsp3) is 0.966. The molecular formula is C29H53IO6. The molecule has 2 saturated carbocycles. The third-order valence-corrected chi connectivity index (χ3v) is 10.6. The standard InChI is InChI=1S/C29H53IO6/c1-10-23(30)25(31)36-24(17-11-13-19(26(2,3)32)21(15-17)28(6,7)34)18-12-14-20(27(4,5)33)22(16-18)29(8,9)35/h17-24,32-35H,10-16H2,1-9H3. The van der Waals surface area contributed by atoms with E-state index in [2.05, 4.69) is 22.6 Å². The van der Waals surface area contributed by atoms with E-state index in [-0.39, 0.29) is 51.5 Å². The summed E-state index contributed by atoms with van der Waals surface area (Å²) in [6, 6.07) is 0. The van der Waals surface area contributed by atoms with Gasteiger partial charge in [-0.25, -0.2) is 0 Å². The minimum absolute atomic E-state index is 0.0480. The number of carbonyl (C=O) groups is 1. The first-order chi connectivity index (χ1) is 16.2. The smallest absolute Gasteiger partial charge is 0.319 e. The van der Waals surface area contributed by atoms with Crippen LogP contribution in [0.3, 0.4) is 0 Å². The molecule has 4 N–H and O–H groups in total. The first-order valence-electron chi connectivity index (χ1n) is 13.9. The lowest BCUT2D eigenvalue weighted by Crippen LogP contribution is -2.53. The Hall–Kier alpha value is 0.0400. The molecule has 7 unspecified atom stereocenters. The summed E-state index contributed by atoms with van der Waals surface area (Å²) in [7, 11) is 0. The summed E-state index contributed by atoms with van der Waals surface area (Å²) in [4.78, 5) is 13.1. The normalized spacial score (nSPS) is 32.6. The first kappa shape index (κ1) is 32.3. The van der Waals surface area contributed by atoms with Gasteiger partial charge in [-0.1, -0.05) is 29.5 Å². The van der Waals surface area contributed by atoms with Gasteiger partial charge in [0, 0.05) is 0 Å². The van der Waals surface area contributed by atoms with Crippen molar-refractivity contribution >= 4 is 28.6 Å². The van der Waals surface area contributed by atoms with E-state index < -0.39 is 22.4 Å². The lowest BCUT2D eigenvalue weighted by Gasteiger charge is -2.51. The Bertz CT molecular complexity index is 676. The fourth-order valence-electron chi connectivity index (χ4n) is 7.21. The summed E-state index contributed by atoms with van der Waals surface area (Å²) in [5.41, 5.74) is -3.76. The highest BCUT2D eigenvalue weighted by Gasteiger charge is 2.51. The number of halogens is 1. The van der Waals surface area contributed by atoms with Gasteiger partial charge in [0.2, 0.25) is 0 Å². The molecule has 0 heterocycles. The van der Waals surface area contributed by atoms with Crippen LogP contribution in [-0.2, 0) is 9.53 Å². The predicted octanol–water partition coefficient (Wildman–Crippen LogP) is 5.26. The minimum Gasteiger partial charge on any atom is -0.461 e. The number of ether oxygens (including phenoxy) is 1. The van der Waals surface area contributed by atoms with Crippen molar-refractivity contribution in [1.82, 2.24) is 0 Å². The van der Waals surface area contributed by atoms with Crippen molar-refractivity contribution < 1.29 is 30.0 Å². The largest absolute Gasteiger partial charge is 0.461 e. The van der Waals surface area contributed by atoms with Crippen LogP contribution in [0.2, 0.25) is 0 Å². The predicted molar refractivity (Wildman–Crippen MR) is 152 cm³/mol. The third kappa shape index (κ3) is 8.03. The number of rotatable bonds is 9. The topological polar surface area (TPSA) is 107 Å². The first-order valence-corrected chi connectivity index (χ1v) is 15.2. The van der Waals surface area contributed by atoms with Crippen LogP contribution < -0.4 is 0 Å². The van der Waals surface area contributed by atoms with Crippen LogP contribution in [0.15, 0.2) is 0 Å². The molecule has 2 aliphatic rings. The molecule has 2 aliphatic carbocycles. The van der Waals surface area contributed by atoms with Gasteiger partial charge in [-0.15, -0.1) is 0 Å². The number of hydrogen-bond acceptors (Lipinski definition) is 6. The monoisotopic (exact) mass is 624 g/mol. The van der Waals surface area contributed by atoms with Gasteiger partial charge >= 0.3 is 5.97 Å². The van der Waals surface area contributed by atoms with E-state index in [1.54, 1.807) is 0 Å². The molecule has 7 heteroatoms. The molecule has 0 aliphatic heterocycles. The number of esters is 1. The summed E-state index contributed by atoms with van der Waals surface area (Å²) >= 11 is 2.15. The Balaban J connectivity index is 2.41. The van der Waals surface area contributed by atoms with E-state index in [9.17, 15) is 25.2 Å². The zero-order valence-corrected chi connectivity index (χ0v) is 26.2. The maximum atomic E-state index is 13.1. The fourth-order valence-corrected chi connectivity index (χ4v) is 7.35. The van der Waals surface area contributed by atoms with Gasteiger partial charge in [-0.05, 0) is 136 Å². The molecule has 7 atom stereocenters. The van der Waals surface area contributed by atoms with Gasteiger partial charge in [0.25, 0.3) is 0 Å². The van der Waals surface area contributed by atoms with Crippen LogP contribution in [0, 0.1) is 35.5 Å². The van der Waals surface area contributed by atoms with Gasteiger partial charge < -0.3 is 25.2 Å². The molecule has 2 rings (SSSR count). The second kappa shape index (κ2) is 11.6. The molecule has 0 aromatic heterocycles. The van der Waals surface area contributed by atoms with Crippen molar-refractivity contribution in [2.75, 3.05) is 0 Å². The Morgan fingerprint density at radius 1 is 0.722 bits per heavy atom. The summed E-state index contributed by atoms with van der Waals surface area (Å²) in [5.74, 6) is -0.419. The van der Waals surface area contributed by atoms with E-state index >= 15 is 0 Å². The highest BCUT2D eigenvalue weighted by molar-refractivity contribution is 14.1. The Kier molecular flexibility index (Phi) is 10.4. The third-order valence-electron chi connectivity index (χ3n) is 9.21. The zero-order valence-electron chi connectivity index (χ0n) is 24.1. The average molecular weight is 625 g/mol. The van der Waals surface area contributed by atoms with Gasteiger partial charge in [-0.2, -0.15) is 0 Å². The molecule has 0 spiro atoms. The van der Waals surface area contributed by atoms with Crippen LogP contribution in [0.4, 0.5) is 0 Å². The highest BCUT2D eigenvalue weighted by Crippen LogP contribution is 2.51. The quantitative estimate of drug-likeness (QED) is 0.159. The summed E-state index contributed by atoms with van der Waals surface area (Å²) in [5, 5.41) is 43.9. The summed E-state index contributed by atoms with van der Waals surface area (Å²) in [6.07, 6.45) is 4.87. The molecule has 36 heavy (non-hydrogen) atoms. The Morgan fingerprint density at radius 2 is 1.06 bits per heavy atom. The Labute approximate surface area is 233 Å². The summed E-state index contributed by atoms with van der Waals surface area (Å²) in [6.45, 7) is 16.5. The van der Waals surface area contributed by atoms with Crippen molar-refractivity contribution in [2.24, 2.45) is 35.5 Å². The highest BCUT2D eigenvalue weighted by atomic mass is 127. The maximum absolute atomic E-state index is 13.1. The summed E-state index contributed by atoms with van der Waals surface area (Å²) < 4.78 is 6.09. The second-order valence-corrected chi connectivity index (χ2v) is 15.5.